The summed E-state index contributed by atoms with van der Waals surface area (Å²) >= 11 is 1.14. The van der Waals surface area contributed by atoms with Crippen molar-refractivity contribution in [3.05, 3.63) is 23.8 Å². The van der Waals surface area contributed by atoms with E-state index in [1.165, 1.54) is 6.07 Å². The highest BCUT2D eigenvalue weighted by atomic mass is 32.2. The molecule has 3 nitrogen and oxygen atoms in total. The monoisotopic (exact) mass is 279 g/mol. The summed E-state index contributed by atoms with van der Waals surface area (Å²) in [5, 5.41) is 0. The minimum atomic E-state index is -3.49. The average Bonchev–Trinajstić information content (AvgIpc) is 2.21. The first kappa shape index (κ1) is 12.6. The van der Waals surface area contributed by atoms with Crippen molar-refractivity contribution in [2.24, 2.45) is 0 Å². The highest BCUT2D eigenvalue weighted by molar-refractivity contribution is 8.00. The zero-order chi connectivity index (χ0) is 12.8. The fraction of sp³-hybridized carbons (Fsp3) is 0.400. The minimum absolute atomic E-state index is 0.0634. The highest BCUT2D eigenvalue weighted by Crippen LogP contribution is 2.41. The predicted molar refractivity (Wildman–Crippen MR) is 63.9 cm³/mol. The van der Waals surface area contributed by atoms with Gasteiger partial charge in [-0.05, 0) is 19.1 Å². The Kier molecular flexibility index (Phi) is 3.07. The molecule has 1 atom stereocenters. The van der Waals surface area contributed by atoms with E-state index in [9.17, 15) is 17.2 Å². The number of hydrogen-bond acceptors (Lipinski definition) is 3. The number of anilines is 1. The number of nitrogens with zero attached hydrogens (tertiary/aromatic N) is 1. The van der Waals surface area contributed by atoms with Crippen LogP contribution in [0, 0.1) is 11.6 Å². The van der Waals surface area contributed by atoms with Crippen molar-refractivity contribution in [1.82, 2.24) is 0 Å². The SMILES string of the molecule is C[C@H]1CSc2c(ccc(F)c2F)N1S(C)(=O)=O. The van der Waals surface area contributed by atoms with Crippen LogP contribution in [0.4, 0.5) is 14.5 Å². The van der Waals surface area contributed by atoms with E-state index >= 15 is 0 Å². The van der Waals surface area contributed by atoms with E-state index in [0.717, 1.165) is 28.4 Å². The molecule has 0 fully saturated rings. The first-order valence-electron chi connectivity index (χ1n) is 4.92. The normalized spacial score (nSPS) is 20.2. The summed E-state index contributed by atoms with van der Waals surface area (Å²) in [6, 6.07) is 1.98. The molecule has 0 radical (unpaired) electrons. The molecule has 1 aliphatic heterocycles. The fourth-order valence-electron chi connectivity index (χ4n) is 1.85. The summed E-state index contributed by atoms with van der Waals surface area (Å²) in [6.07, 6.45) is 1.06. The van der Waals surface area contributed by atoms with Crippen LogP contribution in [-0.4, -0.2) is 26.5 Å². The van der Waals surface area contributed by atoms with Crippen molar-refractivity contribution in [2.45, 2.75) is 17.9 Å². The summed E-state index contributed by atoms with van der Waals surface area (Å²) in [6.45, 7) is 1.73. The van der Waals surface area contributed by atoms with Crippen molar-refractivity contribution in [2.75, 3.05) is 16.3 Å². The summed E-state index contributed by atoms with van der Waals surface area (Å²) in [5.41, 5.74) is 0.218. The lowest BCUT2D eigenvalue weighted by Crippen LogP contribution is -2.42. The molecule has 94 valence electrons. The Bertz CT molecular complexity index is 560. The maximum Gasteiger partial charge on any atom is 0.232 e. The number of sulfonamides is 1. The van der Waals surface area contributed by atoms with Crippen LogP contribution in [-0.2, 0) is 10.0 Å². The van der Waals surface area contributed by atoms with Crippen LogP contribution in [0.1, 0.15) is 6.92 Å². The largest absolute Gasteiger partial charge is 0.266 e. The third-order valence-electron chi connectivity index (χ3n) is 2.49. The second kappa shape index (κ2) is 4.13. The molecule has 0 spiro atoms. The smallest absolute Gasteiger partial charge is 0.232 e. The lowest BCUT2D eigenvalue weighted by atomic mass is 10.2. The van der Waals surface area contributed by atoms with Gasteiger partial charge in [-0.1, -0.05) is 0 Å². The second-order valence-corrected chi connectivity index (χ2v) is 6.82. The first-order valence-corrected chi connectivity index (χ1v) is 7.76. The molecule has 0 saturated heterocycles. The maximum absolute atomic E-state index is 13.6. The van der Waals surface area contributed by atoms with Gasteiger partial charge in [0.15, 0.2) is 11.6 Å². The third kappa shape index (κ3) is 2.13. The van der Waals surface area contributed by atoms with Crippen molar-refractivity contribution in [1.29, 1.82) is 0 Å². The van der Waals surface area contributed by atoms with Gasteiger partial charge in [0.1, 0.15) is 0 Å². The molecule has 0 bridgehead atoms. The molecule has 0 unspecified atom stereocenters. The van der Waals surface area contributed by atoms with Crippen LogP contribution >= 0.6 is 11.8 Å². The zero-order valence-corrected chi connectivity index (χ0v) is 10.9. The summed E-state index contributed by atoms with van der Waals surface area (Å²) < 4.78 is 51.1. The Labute approximate surface area is 103 Å². The number of fused-ring (bicyclic) bond motifs is 1. The molecular formula is C10H11F2NO2S2. The predicted octanol–water partition coefficient (Wildman–Crippen LogP) is 2.22. The van der Waals surface area contributed by atoms with Crippen LogP contribution < -0.4 is 4.31 Å². The molecule has 0 aromatic heterocycles. The minimum Gasteiger partial charge on any atom is -0.266 e. The topological polar surface area (TPSA) is 37.4 Å². The molecule has 0 amide bonds. The van der Waals surface area contributed by atoms with Crippen LogP contribution in [0.15, 0.2) is 17.0 Å². The van der Waals surface area contributed by atoms with Crippen LogP contribution in [0.3, 0.4) is 0 Å². The lowest BCUT2D eigenvalue weighted by Gasteiger charge is -2.34. The molecule has 1 heterocycles. The van der Waals surface area contributed by atoms with E-state index in [1.807, 2.05) is 0 Å². The average molecular weight is 279 g/mol. The van der Waals surface area contributed by atoms with Gasteiger partial charge in [0.05, 0.1) is 22.9 Å². The van der Waals surface area contributed by atoms with Crippen molar-refractivity contribution in [3.63, 3.8) is 0 Å². The molecule has 7 heteroatoms. The number of thioether (sulfide) groups is 1. The van der Waals surface area contributed by atoms with Gasteiger partial charge in [0.2, 0.25) is 10.0 Å². The molecule has 0 aliphatic carbocycles. The standard InChI is InChI=1S/C10H11F2NO2S2/c1-6-5-16-10-8(13(6)17(2,14)15)4-3-7(11)9(10)12/h3-4,6H,5H2,1-2H3/t6-/m0/s1. The molecule has 2 rings (SSSR count). The highest BCUT2D eigenvalue weighted by Gasteiger charge is 2.32. The van der Waals surface area contributed by atoms with Gasteiger partial charge in [-0.3, -0.25) is 4.31 Å². The van der Waals surface area contributed by atoms with E-state index in [4.69, 9.17) is 0 Å². The molecule has 0 saturated carbocycles. The molecule has 1 aromatic carbocycles. The molecular weight excluding hydrogens is 268 g/mol. The van der Waals surface area contributed by atoms with Gasteiger partial charge in [-0.2, -0.15) is 0 Å². The van der Waals surface area contributed by atoms with Gasteiger partial charge >= 0.3 is 0 Å². The van der Waals surface area contributed by atoms with E-state index < -0.39 is 21.7 Å². The molecule has 1 aromatic rings. The Hall–Kier alpha value is -0.820. The Morgan fingerprint density at radius 2 is 2.06 bits per heavy atom. The number of hydrogen-bond donors (Lipinski definition) is 0. The quantitative estimate of drug-likeness (QED) is 0.791. The molecule has 1 aliphatic rings. The fourth-order valence-corrected chi connectivity index (χ4v) is 4.33. The van der Waals surface area contributed by atoms with Gasteiger partial charge in [0.25, 0.3) is 0 Å². The number of rotatable bonds is 1. The molecule has 17 heavy (non-hydrogen) atoms. The van der Waals surface area contributed by atoms with E-state index in [-0.39, 0.29) is 16.6 Å². The first-order chi connectivity index (χ1) is 7.82. The Morgan fingerprint density at radius 1 is 1.41 bits per heavy atom. The zero-order valence-electron chi connectivity index (χ0n) is 9.28. The third-order valence-corrected chi connectivity index (χ3v) is 5.09. The van der Waals surface area contributed by atoms with E-state index in [0.29, 0.717) is 5.75 Å². The van der Waals surface area contributed by atoms with E-state index in [2.05, 4.69) is 0 Å². The number of benzene rings is 1. The molecule has 0 N–H and O–H groups in total. The summed E-state index contributed by atoms with van der Waals surface area (Å²) in [5.74, 6) is -1.53. The maximum atomic E-state index is 13.6. The lowest BCUT2D eigenvalue weighted by molar-refractivity contribution is 0.490. The Morgan fingerprint density at radius 3 is 2.65 bits per heavy atom. The number of halogens is 2. The van der Waals surface area contributed by atoms with Gasteiger partial charge in [-0.25, -0.2) is 17.2 Å². The van der Waals surface area contributed by atoms with Crippen molar-refractivity contribution in [3.8, 4) is 0 Å². The van der Waals surface area contributed by atoms with Crippen molar-refractivity contribution >= 4 is 27.5 Å². The van der Waals surface area contributed by atoms with Crippen LogP contribution in [0.25, 0.3) is 0 Å². The van der Waals surface area contributed by atoms with Crippen molar-refractivity contribution < 1.29 is 17.2 Å². The van der Waals surface area contributed by atoms with Gasteiger partial charge < -0.3 is 0 Å². The van der Waals surface area contributed by atoms with Gasteiger partial charge in [0, 0.05) is 5.75 Å². The second-order valence-electron chi connectivity index (χ2n) is 3.93. The van der Waals surface area contributed by atoms with E-state index in [1.54, 1.807) is 6.92 Å². The summed E-state index contributed by atoms with van der Waals surface area (Å²) in [4.78, 5) is 0.0634. The van der Waals surface area contributed by atoms with Gasteiger partial charge in [-0.15, -0.1) is 11.8 Å². The Balaban J connectivity index is 2.65. The van der Waals surface area contributed by atoms with Crippen LogP contribution in [0.2, 0.25) is 0 Å². The summed E-state index contributed by atoms with van der Waals surface area (Å²) in [7, 11) is -3.49. The van der Waals surface area contributed by atoms with Crippen LogP contribution in [0.5, 0.6) is 0 Å².